The second-order valence-electron chi connectivity index (χ2n) is 8.17. The highest BCUT2D eigenvalue weighted by Gasteiger charge is 2.31. The van der Waals surface area contributed by atoms with Crippen LogP contribution >= 0.6 is 0 Å². The van der Waals surface area contributed by atoms with Gasteiger partial charge >= 0.3 is 0 Å². The summed E-state index contributed by atoms with van der Waals surface area (Å²) in [5.74, 6) is 0.426. The van der Waals surface area contributed by atoms with Gasteiger partial charge in [0.2, 0.25) is 11.8 Å². The van der Waals surface area contributed by atoms with Gasteiger partial charge in [-0.05, 0) is 31.1 Å². The number of hydrogen-bond acceptors (Lipinski definition) is 4. The molecule has 2 saturated heterocycles. The van der Waals surface area contributed by atoms with Crippen molar-refractivity contribution in [2.45, 2.75) is 52.5 Å². The molecule has 0 radical (unpaired) electrons. The zero-order valence-corrected chi connectivity index (χ0v) is 15.4. The number of piperidine rings is 1. The van der Waals surface area contributed by atoms with Crippen LogP contribution in [0.2, 0.25) is 0 Å². The first-order valence-corrected chi connectivity index (χ1v) is 9.23. The molecular formula is C18H33N3O3. The quantitative estimate of drug-likeness (QED) is 0.779. The Morgan fingerprint density at radius 3 is 2.17 bits per heavy atom. The summed E-state index contributed by atoms with van der Waals surface area (Å²) in [5, 5.41) is 12.6. The van der Waals surface area contributed by atoms with Gasteiger partial charge in [-0.15, -0.1) is 0 Å². The molecule has 0 bridgehead atoms. The maximum atomic E-state index is 12.4. The molecule has 2 amide bonds. The molecule has 6 heteroatoms. The summed E-state index contributed by atoms with van der Waals surface area (Å²) in [4.78, 5) is 28.6. The lowest BCUT2D eigenvalue weighted by atomic mass is 9.87. The van der Waals surface area contributed by atoms with Crippen molar-refractivity contribution in [2.75, 3.05) is 39.3 Å². The molecule has 0 aromatic carbocycles. The monoisotopic (exact) mass is 339 g/mol. The Hall–Kier alpha value is -1.14. The molecule has 2 aliphatic rings. The van der Waals surface area contributed by atoms with Gasteiger partial charge in [0, 0.05) is 38.1 Å². The van der Waals surface area contributed by atoms with Crippen LogP contribution in [-0.2, 0) is 9.59 Å². The highest BCUT2D eigenvalue weighted by atomic mass is 16.3. The second kappa shape index (κ2) is 8.30. The summed E-state index contributed by atoms with van der Waals surface area (Å²) in [6.07, 6.45) is 3.77. The Morgan fingerprint density at radius 1 is 1.08 bits per heavy atom. The number of nitrogens with one attached hydrogen (secondary N) is 1. The Balaban J connectivity index is 1.75. The SMILES string of the molecule is CC(C)(C)[C@@H](CO)NCC(=O)N1CCC(C(=O)N2CCCC2)CC1. The van der Waals surface area contributed by atoms with E-state index in [0.717, 1.165) is 38.8 Å². The van der Waals surface area contributed by atoms with Gasteiger partial charge in [-0.25, -0.2) is 0 Å². The summed E-state index contributed by atoms with van der Waals surface area (Å²) >= 11 is 0. The molecule has 2 aliphatic heterocycles. The average molecular weight is 339 g/mol. The summed E-state index contributed by atoms with van der Waals surface area (Å²) in [7, 11) is 0. The van der Waals surface area contributed by atoms with Crippen molar-refractivity contribution in [1.29, 1.82) is 0 Å². The second-order valence-corrected chi connectivity index (χ2v) is 8.17. The number of nitrogens with zero attached hydrogens (tertiary/aromatic N) is 2. The molecule has 2 rings (SSSR count). The molecular weight excluding hydrogens is 306 g/mol. The van der Waals surface area contributed by atoms with E-state index in [-0.39, 0.29) is 42.3 Å². The normalized spacial score (nSPS) is 21.2. The lowest BCUT2D eigenvalue weighted by molar-refractivity contribution is -0.139. The summed E-state index contributed by atoms with van der Waals surface area (Å²) in [5.41, 5.74) is -0.0931. The van der Waals surface area contributed by atoms with Crippen molar-refractivity contribution in [3.05, 3.63) is 0 Å². The van der Waals surface area contributed by atoms with Crippen LogP contribution in [0, 0.1) is 11.3 Å². The average Bonchev–Trinajstić information content (AvgIpc) is 3.08. The minimum absolute atomic E-state index is 0.0171. The minimum atomic E-state index is -0.101. The molecule has 0 aliphatic carbocycles. The number of aliphatic hydroxyl groups is 1. The lowest BCUT2D eigenvalue weighted by Gasteiger charge is -2.34. The minimum Gasteiger partial charge on any atom is -0.395 e. The molecule has 1 atom stereocenters. The van der Waals surface area contributed by atoms with E-state index in [1.807, 2.05) is 30.6 Å². The van der Waals surface area contributed by atoms with Crippen LogP contribution in [0.4, 0.5) is 0 Å². The number of carbonyl (C=O) groups excluding carboxylic acids is 2. The fourth-order valence-corrected chi connectivity index (χ4v) is 3.54. The van der Waals surface area contributed by atoms with Gasteiger partial charge in [0.1, 0.15) is 0 Å². The number of hydrogen-bond donors (Lipinski definition) is 2. The third kappa shape index (κ3) is 4.93. The van der Waals surface area contributed by atoms with Crippen LogP contribution in [0.15, 0.2) is 0 Å². The zero-order chi connectivity index (χ0) is 17.7. The van der Waals surface area contributed by atoms with E-state index >= 15 is 0 Å². The first-order chi connectivity index (χ1) is 11.3. The fourth-order valence-electron chi connectivity index (χ4n) is 3.54. The molecule has 0 aromatic heterocycles. The predicted octanol–water partition coefficient (Wildman–Crippen LogP) is 0.844. The van der Waals surface area contributed by atoms with Gasteiger partial charge in [-0.1, -0.05) is 20.8 Å². The zero-order valence-electron chi connectivity index (χ0n) is 15.4. The van der Waals surface area contributed by atoms with Crippen LogP contribution in [-0.4, -0.2) is 72.1 Å². The van der Waals surface area contributed by atoms with Gasteiger partial charge in [0.05, 0.1) is 13.2 Å². The van der Waals surface area contributed by atoms with Gasteiger partial charge < -0.3 is 20.2 Å². The largest absolute Gasteiger partial charge is 0.395 e. The number of carbonyl (C=O) groups is 2. The van der Waals surface area contributed by atoms with Crippen LogP contribution < -0.4 is 5.32 Å². The Kier molecular flexibility index (Phi) is 6.63. The van der Waals surface area contributed by atoms with E-state index in [1.54, 1.807) is 0 Å². The Morgan fingerprint density at radius 2 is 1.67 bits per heavy atom. The van der Waals surface area contributed by atoms with Crippen molar-refractivity contribution >= 4 is 11.8 Å². The van der Waals surface area contributed by atoms with E-state index in [0.29, 0.717) is 13.1 Å². The van der Waals surface area contributed by atoms with E-state index in [4.69, 9.17) is 0 Å². The molecule has 2 fully saturated rings. The molecule has 0 spiro atoms. The number of rotatable bonds is 5. The van der Waals surface area contributed by atoms with E-state index in [9.17, 15) is 14.7 Å². The van der Waals surface area contributed by atoms with E-state index in [2.05, 4.69) is 5.32 Å². The van der Waals surface area contributed by atoms with Crippen molar-refractivity contribution < 1.29 is 14.7 Å². The molecule has 0 aromatic rings. The van der Waals surface area contributed by atoms with Crippen molar-refractivity contribution in [1.82, 2.24) is 15.1 Å². The Labute approximate surface area is 145 Å². The fraction of sp³-hybridized carbons (Fsp3) is 0.889. The molecule has 24 heavy (non-hydrogen) atoms. The van der Waals surface area contributed by atoms with Crippen molar-refractivity contribution in [2.24, 2.45) is 11.3 Å². The van der Waals surface area contributed by atoms with Gasteiger partial charge in [0.15, 0.2) is 0 Å². The molecule has 138 valence electrons. The topological polar surface area (TPSA) is 72.9 Å². The summed E-state index contributed by atoms with van der Waals surface area (Å²) < 4.78 is 0. The van der Waals surface area contributed by atoms with Crippen LogP contribution in [0.25, 0.3) is 0 Å². The van der Waals surface area contributed by atoms with Crippen molar-refractivity contribution in [3.63, 3.8) is 0 Å². The van der Waals surface area contributed by atoms with Gasteiger partial charge in [0.25, 0.3) is 0 Å². The summed E-state index contributed by atoms with van der Waals surface area (Å²) in [6, 6.07) is -0.101. The highest BCUT2D eigenvalue weighted by Crippen LogP contribution is 2.22. The number of amides is 2. The van der Waals surface area contributed by atoms with Crippen LogP contribution in [0.5, 0.6) is 0 Å². The maximum absolute atomic E-state index is 12.4. The molecule has 6 nitrogen and oxygen atoms in total. The molecule has 2 N–H and O–H groups in total. The summed E-state index contributed by atoms with van der Waals surface area (Å²) in [6.45, 7) is 9.50. The molecule has 0 saturated carbocycles. The van der Waals surface area contributed by atoms with E-state index in [1.165, 1.54) is 0 Å². The smallest absolute Gasteiger partial charge is 0.236 e. The Bertz CT molecular complexity index is 433. The van der Waals surface area contributed by atoms with Gasteiger partial charge in [-0.3, -0.25) is 9.59 Å². The number of aliphatic hydroxyl groups excluding tert-OH is 1. The molecule has 0 unspecified atom stereocenters. The van der Waals surface area contributed by atoms with Crippen LogP contribution in [0.3, 0.4) is 0 Å². The molecule has 2 heterocycles. The standard InChI is InChI=1S/C18H33N3O3/c1-18(2,3)15(13-22)19-12-16(23)20-10-6-14(7-11-20)17(24)21-8-4-5-9-21/h14-15,19,22H,4-13H2,1-3H3/t15-/m1/s1. The predicted molar refractivity (Wildman–Crippen MR) is 93.4 cm³/mol. The number of likely N-dealkylation sites (tertiary alicyclic amines) is 2. The van der Waals surface area contributed by atoms with Crippen LogP contribution in [0.1, 0.15) is 46.5 Å². The van der Waals surface area contributed by atoms with Crippen molar-refractivity contribution in [3.8, 4) is 0 Å². The van der Waals surface area contributed by atoms with Gasteiger partial charge in [-0.2, -0.15) is 0 Å². The van der Waals surface area contributed by atoms with E-state index < -0.39 is 0 Å². The third-order valence-corrected chi connectivity index (χ3v) is 5.34. The third-order valence-electron chi connectivity index (χ3n) is 5.34. The maximum Gasteiger partial charge on any atom is 0.236 e. The first kappa shape index (κ1) is 19.2. The highest BCUT2D eigenvalue weighted by molar-refractivity contribution is 5.81. The lowest BCUT2D eigenvalue weighted by Crippen LogP contribution is -2.50. The first-order valence-electron chi connectivity index (χ1n) is 9.23.